The topological polar surface area (TPSA) is 61.3 Å². The minimum atomic E-state index is -0.808. The number of rotatable bonds is 6. The van der Waals surface area contributed by atoms with Crippen LogP contribution >= 0.6 is 0 Å². The minimum absolute atomic E-state index is 0.574. The lowest BCUT2D eigenvalue weighted by atomic mass is 9.91. The van der Waals surface area contributed by atoms with E-state index in [1.165, 1.54) is 29.5 Å². The quantitative estimate of drug-likeness (QED) is 0.609. The molecule has 0 amide bonds. The third kappa shape index (κ3) is 4.57. The van der Waals surface area contributed by atoms with Crippen molar-refractivity contribution in [2.45, 2.75) is 57.7 Å². The van der Waals surface area contributed by atoms with Gasteiger partial charge in [0, 0.05) is 31.6 Å². The summed E-state index contributed by atoms with van der Waals surface area (Å²) in [5.41, 5.74) is 5.18. The zero-order valence-corrected chi connectivity index (χ0v) is 18.3. The van der Waals surface area contributed by atoms with E-state index < -0.39 is 5.60 Å². The second-order valence-electron chi connectivity index (χ2n) is 9.30. The molecule has 0 spiro atoms. The van der Waals surface area contributed by atoms with E-state index in [2.05, 4.69) is 52.7 Å². The van der Waals surface area contributed by atoms with Gasteiger partial charge in [-0.15, -0.1) is 0 Å². The minimum Gasteiger partial charge on any atom is -0.386 e. The molecule has 1 fully saturated rings. The van der Waals surface area contributed by atoms with E-state index in [-0.39, 0.29) is 0 Å². The molecule has 2 heterocycles. The number of aromatic nitrogens is 2. The van der Waals surface area contributed by atoms with E-state index >= 15 is 0 Å². The van der Waals surface area contributed by atoms with Crippen molar-refractivity contribution < 1.29 is 5.11 Å². The molecule has 1 aliphatic carbocycles. The van der Waals surface area contributed by atoms with Gasteiger partial charge in [-0.25, -0.2) is 4.98 Å². The maximum Gasteiger partial charge on any atom is 0.225 e. The summed E-state index contributed by atoms with van der Waals surface area (Å²) < 4.78 is 0. The van der Waals surface area contributed by atoms with Gasteiger partial charge in [0.15, 0.2) is 0 Å². The molecule has 5 nitrogen and oxygen atoms in total. The number of benzene rings is 2. The molecule has 1 aromatic heterocycles. The average molecular weight is 415 g/mol. The van der Waals surface area contributed by atoms with Crippen molar-refractivity contribution in [2.24, 2.45) is 0 Å². The number of nitrogens with one attached hydrogen (secondary N) is 1. The van der Waals surface area contributed by atoms with Gasteiger partial charge in [-0.1, -0.05) is 48.5 Å². The fraction of sp³-hybridized carbons (Fsp3) is 0.385. The summed E-state index contributed by atoms with van der Waals surface area (Å²) in [6.07, 6.45) is 3.39. The second-order valence-corrected chi connectivity index (χ2v) is 9.30. The highest BCUT2D eigenvalue weighted by Gasteiger charge is 2.28. The fourth-order valence-electron chi connectivity index (χ4n) is 4.19. The maximum absolute atomic E-state index is 10.3. The van der Waals surface area contributed by atoms with Gasteiger partial charge < -0.3 is 15.3 Å². The van der Waals surface area contributed by atoms with Crippen LogP contribution in [-0.2, 0) is 25.1 Å². The molecule has 5 rings (SSSR count). The highest BCUT2D eigenvalue weighted by molar-refractivity contribution is 5.50. The van der Waals surface area contributed by atoms with E-state index in [4.69, 9.17) is 9.97 Å². The Kier molecular flexibility index (Phi) is 5.14. The number of nitrogens with zero attached hydrogens (tertiary/aromatic N) is 3. The van der Waals surface area contributed by atoms with Crippen molar-refractivity contribution in [3.8, 4) is 0 Å². The van der Waals surface area contributed by atoms with Crippen molar-refractivity contribution in [3.63, 3.8) is 0 Å². The average Bonchev–Trinajstić information content (AvgIpc) is 3.62. The normalized spacial score (nSPS) is 16.2. The summed E-state index contributed by atoms with van der Waals surface area (Å²) in [6.45, 7) is 6.15. The SMILES string of the molecule is CC(C)(O)c1ccc2c(c1)CCN(c1cc(C3CC3)nc(NCc3ccccc3)n1)C2. The Labute approximate surface area is 184 Å². The summed E-state index contributed by atoms with van der Waals surface area (Å²) in [6, 6.07) is 18.9. The standard InChI is InChI=1S/C26H30N4O/c1-26(2,31)22-11-10-21-17-30(13-12-20(21)14-22)24-15-23(19-8-9-19)28-25(29-24)27-16-18-6-4-3-5-7-18/h3-7,10-11,14-15,19,31H,8-9,12-13,16-17H2,1-2H3,(H,27,28,29). The lowest BCUT2D eigenvalue weighted by Crippen LogP contribution is -2.32. The van der Waals surface area contributed by atoms with Crippen LogP contribution in [0.15, 0.2) is 54.6 Å². The first kappa shape index (κ1) is 20.0. The highest BCUT2D eigenvalue weighted by atomic mass is 16.3. The molecule has 1 aliphatic heterocycles. The van der Waals surface area contributed by atoms with E-state index in [0.29, 0.717) is 11.9 Å². The summed E-state index contributed by atoms with van der Waals surface area (Å²) >= 11 is 0. The van der Waals surface area contributed by atoms with Crippen molar-refractivity contribution >= 4 is 11.8 Å². The molecule has 0 atom stereocenters. The fourth-order valence-corrected chi connectivity index (χ4v) is 4.19. The van der Waals surface area contributed by atoms with Crippen LogP contribution in [0.2, 0.25) is 0 Å². The van der Waals surface area contributed by atoms with Crippen LogP contribution < -0.4 is 10.2 Å². The molecular weight excluding hydrogens is 384 g/mol. The molecule has 0 bridgehead atoms. The summed E-state index contributed by atoms with van der Waals surface area (Å²) in [7, 11) is 0. The predicted molar refractivity (Wildman–Crippen MR) is 124 cm³/mol. The number of hydrogen-bond acceptors (Lipinski definition) is 5. The van der Waals surface area contributed by atoms with E-state index in [9.17, 15) is 5.11 Å². The largest absolute Gasteiger partial charge is 0.386 e. The van der Waals surface area contributed by atoms with Crippen molar-refractivity contribution in [3.05, 3.63) is 82.5 Å². The first-order valence-electron chi connectivity index (χ1n) is 11.2. The van der Waals surface area contributed by atoms with Gasteiger partial charge in [0.25, 0.3) is 0 Å². The molecule has 0 unspecified atom stereocenters. The van der Waals surface area contributed by atoms with Crippen LogP contribution in [-0.4, -0.2) is 21.6 Å². The van der Waals surface area contributed by atoms with Crippen molar-refractivity contribution in [1.29, 1.82) is 0 Å². The smallest absolute Gasteiger partial charge is 0.225 e. The molecule has 2 aromatic carbocycles. The summed E-state index contributed by atoms with van der Waals surface area (Å²) in [4.78, 5) is 12.0. The number of hydrogen-bond donors (Lipinski definition) is 2. The lowest BCUT2D eigenvalue weighted by Gasteiger charge is -2.31. The van der Waals surface area contributed by atoms with Crippen LogP contribution in [0.5, 0.6) is 0 Å². The van der Waals surface area contributed by atoms with Gasteiger partial charge in [0.1, 0.15) is 5.82 Å². The molecule has 160 valence electrons. The third-order valence-corrected chi connectivity index (χ3v) is 6.27. The van der Waals surface area contributed by atoms with Gasteiger partial charge in [0.05, 0.1) is 11.3 Å². The molecule has 5 heteroatoms. The Bertz CT molecular complexity index is 1070. The molecule has 3 aromatic rings. The molecule has 0 saturated heterocycles. The third-order valence-electron chi connectivity index (χ3n) is 6.27. The Morgan fingerprint density at radius 1 is 1.03 bits per heavy atom. The first-order chi connectivity index (χ1) is 15.0. The van der Waals surface area contributed by atoms with Crippen molar-refractivity contribution in [1.82, 2.24) is 9.97 Å². The van der Waals surface area contributed by atoms with Crippen LogP contribution in [0, 0.1) is 0 Å². The van der Waals surface area contributed by atoms with Crippen LogP contribution in [0.25, 0.3) is 0 Å². The number of anilines is 2. The first-order valence-corrected chi connectivity index (χ1v) is 11.2. The summed E-state index contributed by atoms with van der Waals surface area (Å²) in [5, 5.41) is 13.8. The maximum atomic E-state index is 10.3. The molecule has 2 aliphatic rings. The molecule has 31 heavy (non-hydrogen) atoms. The lowest BCUT2D eigenvalue weighted by molar-refractivity contribution is 0.0785. The van der Waals surface area contributed by atoms with E-state index in [1.807, 2.05) is 26.0 Å². The van der Waals surface area contributed by atoms with Gasteiger partial charge in [-0.3, -0.25) is 0 Å². The molecule has 1 saturated carbocycles. The van der Waals surface area contributed by atoms with E-state index in [1.54, 1.807) is 0 Å². The van der Waals surface area contributed by atoms with Crippen LogP contribution in [0.4, 0.5) is 11.8 Å². The molecule has 2 N–H and O–H groups in total. The Balaban J connectivity index is 1.37. The molecular formula is C26H30N4O. The highest BCUT2D eigenvalue weighted by Crippen LogP contribution is 2.40. The summed E-state index contributed by atoms with van der Waals surface area (Å²) in [5.74, 6) is 2.29. The number of aliphatic hydroxyl groups is 1. The van der Waals surface area contributed by atoms with Gasteiger partial charge in [0.2, 0.25) is 5.95 Å². The van der Waals surface area contributed by atoms with Gasteiger partial charge >= 0.3 is 0 Å². The Morgan fingerprint density at radius 2 is 1.84 bits per heavy atom. The zero-order valence-electron chi connectivity index (χ0n) is 18.3. The second kappa shape index (κ2) is 7.97. The van der Waals surface area contributed by atoms with Gasteiger partial charge in [-0.2, -0.15) is 4.98 Å². The van der Waals surface area contributed by atoms with E-state index in [0.717, 1.165) is 43.1 Å². The van der Waals surface area contributed by atoms with Crippen LogP contribution in [0.1, 0.15) is 60.6 Å². The zero-order chi connectivity index (χ0) is 21.4. The van der Waals surface area contributed by atoms with Crippen LogP contribution in [0.3, 0.4) is 0 Å². The van der Waals surface area contributed by atoms with Gasteiger partial charge in [-0.05, 0) is 55.4 Å². The van der Waals surface area contributed by atoms with Crippen molar-refractivity contribution in [2.75, 3.05) is 16.8 Å². The number of fused-ring (bicyclic) bond motifs is 1. The molecule has 0 radical (unpaired) electrons. The Hall–Kier alpha value is -2.92. The Morgan fingerprint density at radius 3 is 2.58 bits per heavy atom. The monoisotopic (exact) mass is 414 g/mol. The predicted octanol–water partition coefficient (Wildman–Crippen LogP) is 4.76.